The summed E-state index contributed by atoms with van der Waals surface area (Å²) in [6, 6.07) is -0.450. The molecule has 0 aromatic heterocycles. The Morgan fingerprint density at radius 2 is 2.00 bits per heavy atom. The van der Waals surface area contributed by atoms with E-state index in [1.54, 1.807) is 23.5 Å². The molecule has 0 aliphatic carbocycles. The van der Waals surface area contributed by atoms with Crippen molar-refractivity contribution in [1.29, 1.82) is 0 Å². The Kier molecular flexibility index (Phi) is 8.80. The fourth-order valence-electron chi connectivity index (χ4n) is 0.695. The molecule has 0 radical (unpaired) electrons. The van der Waals surface area contributed by atoms with Crippen LogP contribution < -0.4 is 5.73 Å². The molecule has 5 heteroatoms. The van der Waals surface area contributed by atoms with E-state index in [2.05, 4.69) is 0 Å². The standard InChI is InChI=1S/C8H17NO2S2/c1-12-5-3-7(9)8(10)11-4-6-13-2/h7H,3-6,9H2,1-2H3/t7-/m0/s1. The number of rotatable bonds is 7. The lowest BCUT2D eigenvalue weighted by atomic mass is 10.2. The highest BCUT2D eigenvalue weighted by Gasteiger charge is 2.13. The summed E-state index contributed by atoms with van der Waals surface area (Å²) in [5, 5.41) is 0. The fraction of sp³-hybridized carbons (Fsp3) is 0.875. The molecule has 0 saturated heterocycles. The molecule has 0 rings (SSSR count). The lowest BCUT2D eigenvalue weighted by Gasteiger charge is -2.09. The van der Waals surface area contributed by atoms with Crippen LogP contribution >= 0.6 is 23.5 Å². The summed E-state index contributed by atoms with van der Waals surface area (Å²) in [4.78, 5) is 11.2. The van der Waals surface area contributed by atoms with Crippen molar-refractivity contribution in [2.45, 2.75) is 12.5 Å². The van der Waals surface area contributed by atoms with Gasteiger partial charge in [-0.15, -0.1) is 0 Å². The molecule has 78 valence electrons. The predicted molar refractivity (Wildman–Crippen MR) is 60.3 cm³/mol. The van der Waals surface area contributed by atoms with Crippen molar-refractivity contribution in [2.24, 2.45) is 5.73 Å². The van der Waals surface area contributed by atoms with Gasteiger partial charge in [-0.1, -0.05) is 0 Å². The smallest absolute Gasteiger partial charge is 0.322 e. The maximum Gasteiger partial charge on any atom is 0.322 e. The maximum atomic E-state index is 11.2. The second-order valence-electron chi connectivity index (χ2n) is 2.55. The van der Waals surface area contributed by atoms with E-state index in [0.717, 1.165) is 11.5 Å². The van der Waals surface area contributed by atoms with Crippen LogP contribution in [0.4, 0.5) is 0 Å². The van der Waals surface area contributed by atoms with Crippen LogP contribution in [0.3, 0.4) is 0 Å². The summed E-state index contributed by atoms with van der Waals surface area (Å²) in [5.41, 5.74) is 5.59. The van der Waals surface area contributed by atoms with Crippen LogP contribution in [0.25, 0.3) is 0 Å². The second kappa shape index (κ2) is 8.72. The Morgan fingerprint density at radius 3 is 2.54 bits per heavy atom. The van der Waals surface area contributed by atoms with E-state index in [1.807, 2.05) is 12.5 Å². The summed E-state index contributed by atoms with van der Waals surface area (Å²) >= 11 is 3.33. The molecule has 2 N–H and O–H groups in total. The molecule has 0 amide bonds. The van der Waals surface area contributed by atoms with Crippen molar-refractivity contribution in [2.75, 3.05) is 30.6 Å². The van der Waals surface area contributed by atoms with Gasteiger partial charge in [-0.25, -0.2) is 0 Å². The normalized spacial score (nSPS) is 12.5. The van der Waals surface area contributed by atoms with Crippen LogP contribution in [0.1, 0.15) is 6.42 Å². The van der Waals surface area contributed by atoms with E-state index < -0.39 is 6.04 Å². The summed E-state index contributed by atoms with van der Waals surface area (Å²) in [7, 11) is 0. The SMILES string of the molecule is CSCCOC(=O)[C@@H](N)CCSC. The van der Waals surface area contributed by atoms with Crippen LogP contribution in [0.2, 0.25) is 0 Å². The van der Waals surface area contributed by atoms with Gasteiger partial charge in [-0.05, 0) is 24.7 Å². The Hall–Kier alpha value is 0.130. The summed E-state index contributed by atoms with van der Waals surface area (Å²) in [5.74, 6) is 1.46. The Labute approximate surface area is 88.2 Å². The zero-order valence-electron chi connectivity index (χ0n) is 8.12. The topological polar surface area (TPSA) is 52.3 Å². The van der Waals surface area contributed by atoms with Gasteiger partial charge in [-0.2, -0.15) is 23.5 Å². The van der Waals surface area contributed by atoms with Crippen molar-refractivity contribution < 1.29 is 9.53 Å². The number of carbonyl (C=O) groups is 1. The monoisotopic (exact) mass is 223 g/mol. The molecule has 0 bridgehead atoms. The van der Waals surface area contributed by atoms with Gasteiger partial charge in [0.15, 0.2) is 0 Å². The molecule has 0 aliphatic heterocycles. The van der Waals surface area contributed by atoms with Crippen LogP contribution in [-0.2, 0) is 9.53 Å². The third kappa shape index (κ3) is 7.22. The van der Waals surface area contributed by atoms with Gasteiger partial charge >= 0.3 is 5.97 Å². The first-order valence-electron chi connectivity index (χ1n) is 4.12. The van der Waals surface area contributed by atoms with Crippen LogP contribution in [-0.4, -0.2) is 42.6 Å². The van der Waals surface area contributed by atoms with Gasteiger partial charge in [0, 0.05) is 5.75 Å². The lowest BCUT2D eigenvalue weighted by molar-refractivity contribution is -0.144. The van der Waals surface area contributed by atoms with E-state index in [1.165, 1.54) is 0 Å². The number of esters is 1. The third-order valence-electron chi connectivity index (χ3n) is 1.47. The molecule has 0 heterocycles. The van der Waals surface area contributed by atoms with E-state index >= 15 is 0 Å². The number of hydrogen-bond donors (Lipinski definition) is 1. The zero-order chi connectivity index (χ0) is 10.1. The van der Waals surface area contributed by atoms with E-state index in [-0.39, 0.29) is 5.97 Å². The van der Waals surface area contributed by atoms with Crippen molar-refractivity contribution in [3.8, 4) is 0 Å². The molecule has 0 aliphatic rings. The van der Waals surface area contributed by atoms with E-state index in [9.17, 15) is 4.79 Å². The molecule has 0 unspecified atom stereocenters. The number of thioether (sulfide) groups is 2. The highest BCUT2D eigenvalue weighted by molar-refractivity contribution is 7.98. The zero-order valence-corrected chi connectivity index (χ0v) is 9.75. The quantitative estimate of drug-likeness (QED) is 0.515. The Balaban J connectivity index is 3.45. The fourth-order valence-corrected chi connectivity index (χ4v) is 1.43. The summed E-state index contributed by atoms with van der Waals surface area (Å²) in [6.07, 6.45) is 4.66. The average Bonchev–Trinajstić information content (AvgIpc) is 2.14. The van der Waals surface area contributed by atoms with Gasteiger partial charge in [-0.3, -0.25) is 4.79 Å². The molecule has 0 fully saturated rings. The minimum Gasteiger partial charge on any atom is -0.464 e. The number of hydrogen-bond acceptors (Lipinski definition) is 5. The number of carbonyl (C=O) groups excluding carboxylic acids is 1. The van der Waals surface area contributed by atoms with Crippen LogP contribution in [0, 0.1) is 0 Å². The minimum atomic E-state index is -0.450. The molecule has 3 nitrogen and oxygen atoms in total. The van der Waals surface area contributed by atoms with E-state index in [4.69, 9.17) is 10.5 Å². The van der Waals surface area contributed by atoms with Gasteiger partial charge in [0.1, 0.15) is 12.6 Å². The van der Waals surface area contributed by atoms with Gasteiger partial charge in [0.25, 0.3) is 0 Å². The first kappa shape index (κ1) is 13.1. The van der Waals surface area contributed by atoms with Crippen LogP contribution in [0.15, 0.2) is 0 Å². The number of nitrogens with two attached hydrogens (primary N) is 1. The molecule has 1 atom stereocenters. The lowest BCUT2D eigenvalue weighted by Crippen LogP contribution is -2.33. The number of ether oxygens (including phenoxy) is 1. The first-order chi connectivity index (χ1) is 6.22. The van der Waals surface area contributed by atoms with Crippen molar-refractivity contribution in [3.63, 3.8) is 0 Å². The molecule has 0 saturated carbocycles. The molecule has 0 aromatic carbocycles. The third-order valence-corrected chi connectivity index (χ3v) is 2.69. The summed E-state index contributed by atoms with van der Waals surface area (Å²) < 4.78 is 4.95. The molecular formula is C8H17NO2S2. The van der Waals surface area contributed by atoms with Crippen molar-refractivity contribution in [3.05, 3.63) is 0 Å². The van der Waals surface area contributed by atoms with Gasteiger partial charge in [0.05, 0.1) is 0 Å². The molecular weight excluding hydrogens is 206 g/mol. The largest absolute Gasteiger partial charge is 0.464 e. The van der Waals surface area contributed by atoms with Crippen molar-refractivity contribution in [1.82, 2.24) is 0 Å². The average molecular weight is 223 g/mol. The highest BCUT2D eigenvalue weighted by Crippen LogP contribution is 2.00. The second-order valence-corrected chi connectivity index (χ2v) is 4.52. The predicted octanol–water partition coefficient (Wildman–Crippen LogP) is 0.973. The van der Waals surface area contributed by atoms with Gasteiger partial charge in [0.2, 0.25) is 0 Å². The molecule has 13 heavy (non-hydrogen) atoms. The van der Waals surface area contributed by atoms with E-state index in [0.29, 0.717) is 13.0 Å². The first-order valence-corrected chi connectivity index (χ1v) is 6.91. The minimum absolute atomic E-state index is 0.275. The Bertz CT molecular complexity index is 144. The highest BCUT2D eigenvalue weighted by atomic mass is 32.2. The molecule has 0 spiro atoms. The maximum absolute atomic E-state index is 11.2. The van der Waals surface area contributed by atoms with Gasteiger partial charge < -0.3 is 10.5 Å². The Morgan fingerprint density at radius 1 is 1.38 bits per heavy atom. The molecule has 0 aromatic rings. The summed E-state index contributed by atoms with van der Waals surface area (Å²) in [6.45, 7) is 0.465. The van der Waals surface area contributed by atoms with Crippen molar-refractivity contribution >= 4 is 29.5 Å². The van der Waals surface area contributed by atoms with Crippen LogP contribution in [0.5, 0.6) is 0 Å².